The summed E-state index contributed by atoms with van der Waals surface area (Å²) < 4.78 is 5.39. The lowest BCUT2D eigenvalue weighted by Gasteiger charge is -2.23. The van der Waals surface area contributed by atoms with E-state index in [1.807, 2.05) is 12.1 Å². The van der Waals surface area contributed by atoms with Crippen LogP contribution in [-0.2, 0) is 0 Å². The minimum absolute atomic E-state index is 0.904. The maximum Gasteiger partial charge on any atom is 0.142 e. The van der Waals surface area contributed by atoms with E-state index < -0.39 is 0 Å². The highest BCUT2D eigenvalue weighted by molar-refractivity contribution is 14.2. The van der Waals surface area contributed by atoms with Crippen molar-refractivity contribution in [3.8, 4) is 16.9 Å². The number of anilines is 1. The third-order valence-electron chi connectivity index (χ3n) is 2.52. The van der Waals surface area contributed by atoms with Crippen molar-refractivity contribution in [1.29, 1.82) is 0 Å². The van der Waals surface area contributed by atoms with Crippen LogP contribution in [0.4, 0.5) is 5.69 Å². The Hall–Kier alpha value is -0.540. The van der Waals surface area contributed by atoms with Crippen LogP contribution in [-0.4, -0.2) is 20.2 Å². The maximum atomic E-state index is 5.39. The monoisotopic (exact) mass is 361 g/mol. The highest BCUT2D eigenvalue weighted by Crippen LogP contribution is 2.29. The van der Waals surface area contributed by atoms with Gasteiger partial charge in [-0.1, -0.05) is 5.92 Å². The van der Waals surface area contributed by atoms with Gasteiger partial charge in [0.05, 0.1) is 12.8 Å². The van der Waals surface area contributed by atoms with E-state index in [4.69, 9.17) is 4.74 Å². The molecule has 0 saturated heterocycles. The van der Waals surface area contributed by atoms with Crippen LogP contribution >= 0.6 is 30.1 Å². The van der Waals surface area contributed by atoms with E-state index in [-0.39, 0.29) is 0 Å². The van der Waals surface area contributed by atoms with Crippen LogP contribution in [0.25, 0.3) is 0 Å². The zero-order valence-corrected chi connectivity index (χ0v) is 13.3. The molecule has 92 valence electrons. The summed E-state index contributed by atoms with van der Waals surface area (Å²) in [5, 5.41) is 3.00. The predicted molar refractivity (Wildman–Crippen MR) is 85.0 cm³/mol. The van der Waals surface area contributed by atoms with Crippen molar-refractivity contribution in [2.24, 2.45) is 0 Å². The number of hydrogen-bond donors (Lipinski definition) is 0. The fourth-order valence-corrected chi connectivity index (χ4v) is 2.14. The maximum absolute atomic E-state index is 5.39. The van der Waals surface area contributed by atoms with Gasteiger partial charge in [-0.05, 0) is 46.2 Å². The molecule has 0 aliphatic rings. The molecule has 0 fully saturated rings. The van der Waals surface area contributed by atoms with Crippen molar-refractivity contribution in [3.05, 3.63) is 23.8 Å². The van der Waals surface area contributed by atoms with Crippen LogP contribution in [0.15, 0.2) is 18.2 Å². The molecule has 1 aromatic rings. The Balaban J connectivity index is 3.14. The molecule has 17 heavy (non-hydrogen) atoms. The van der Waals surface area contributed by atoms with Gasteiger partial charge in [0.2, 0.25) is 0 Å². The quantitative estimate of drug-likeness (QED) is 0.596. The van der Waals surface area contributed by atoms with E-state index >= 15 is 0 Å². The van der Waals surface area contributed by atoms with E-state index in [1.165, 1.54) is 8.93 Å². The first-order valence-electron chi connectivity index (χ1n) is 5.48. The third-order valence-corrected chi connectivity index (χ3v) is 3.36. The first kappa shape index (κ1) is 14.5. The van der Waals surface area contributed by atoms with Crippen LogP contribution in [0.3, 0.4) is 0 Å². The Labute approximate surface area is 120 Å². The van der Waals surface area contributed by atoms with Crippen LogP contribution in [0.1, 0.15) is 19.4 Å². The number of halogens is 1. The molecule has 1 rings (SSSR count). The van der Waals surface area contributed by atoms with E-state index in [0.717, 1.165) is 30.1 Å². The lowest BCUT2D eigenvalue weighted by atomic mass is 10.1. The molecule has 0 bridgehead atoms. The van der Waals surface area contributed by atoms with Crippen LogP contribution in [0.5, 0.6) is 5.75 Å². The summed E-state index contributed by atoms with van der Waals surface area (Å²) in [6.45, 7) is 6.21. The molecule has 0 atom stereocenters. The standard InChI is InChI=1S/C13H16INOS/c1-4-15(5-2)12-10-11(8-9-17-14)6-7-13(12)16-3/h6-7,10H,4-5H2,1-3H3. The fraction of sp³-hybridized carbons (Fsp3) is 0.385. The van der Waals surface area contributed by atoms with E-state index in [9.17, 15) is 0 Å². The van der Waals surface area contributed by atoms with Crippen LogP contribution in [0, 0.1) is 11.2 Å². The Kier molecular flexibility index (Phi) is 6.60. The average Bonchev–Trinajstić information content (AvgIpc) is 2.38. The minimum Gasteiger partial charge on any atom is -0.495 e. The summed E-state index contributed by atoms with van der Waals surface area (Å²) in [7, 11) is 3.20. The molecule has 1 aromatic carbocycles. The Bertz CT molecular complexity index is 421. The van der Waals surface area contributed by atoms with Crippen LogP contribution < -0.4 is 9.64 Å². The van der Waals surface area contributed by atoms with Crippen molar-refractivity contribution in [2.45, 2.75) is 13.8 Å². The largest absolute Gasteiger partial charge is 0.495 e. The summed E-state index contributed by atoms with van der Waals surface area (Å²) in [4.78, 5) is 2.27. The number of hydrogen-bond acceptors (Lipinski definition) is 3. The van der Waals surface area contributed by atoms with Crippen LogP contribution in [0.2, 0.25) is 0 Å². The van der Waals surface area contributed by atoms with E-state index in [0.29, 0.717) is 0 Å². The minimum atomic E-state index is 0.904. The summed E-state index contributed by atoms with van der Waals surface area (Å²) in [5.41, 5.74) is 2.14. The van der Waals surface area contributed by atoms with Gasteiger partial charge in [-0.15, -0.1) is 0 Å². The lowest BCUT2D eigenvalue weighted by molar-refractivity contribution is 0.414. The van der Waals surface area contributed by atoms with Crippen molar-refractivity contribution < 1.29 is 4.74 Å². The molecular weight excluding hydrogens is 345 g/mol. The molecule has 0 aliphatic carbocycles. The first-order valence-corrected chi connectivity index (χ1v) is 8.84. The predicted octanol–water partition coefficient (Wildman–Crippen LogP) is 3.93. The van der Waals surface area contributed by atoms with E-state index in [2.05, 4.69) is 57.2 Å². The molecule has 0 unspecified atom stereocenters. The lowest BCUT2D eigenvalue weighted by Crippen LogP contribution is -2.22. The third kappa shape index (κ3) is 4.00. The normalized spacial score (nSPS) is 9.41. The second kappa shape index (κ2) is 7.72. The zero-order valence-electron chi connectivity index (χ0n) is 10.3. The van der Waals surface area contributed by atoms with Crippen molar-refractivity contribution >= 4 is 35.8 Å². The van der Waals surface area contributed by atoms with Crippen molar-refractivity contribution in [1.82, 2.24) is 0 Å². The summed E-state index contributed by atoms with van der Waals surface area (Å²) in [6.07, 6.45) is 0. The zero-order chi connectivity index (χ0) is 12.7. The molecule has 0 saturated carbocycles. The Morgan fingerprint density at radius 2 is 2.06 bits per heavy atom. The molecular formula is C13H16INOS. The number of ether oxygens (including phenoxy) is 1. The molecule has 4 heteroatoms. The van der Waals surface area contributed by atoms with Gasteiger partial charge in [-0.3, -0.25) is 0 Å². The number of rotatable bonds is 4. The van der Waals surface area contributed by atoms with Gasteiger partial charge in [0.1, 0.15) is 5.75 Å². The van der Waals surface area contributed by atoms with Gasteiger partial charge in [0.15, 0.2) is 0 Å². The molecule has 0 aliphatic heterocycles. The molecule has 0 spiro atoms. The SMILES string of the molecule is CCN(CC)c1cc(C#CSI)ccc1OC. The molecule has 2 nitrogen and oxygen atoms in total. The second-order valence-electron chi connectivity index (χ2n) is 3.36. The van der Waals surface area contributed by atoms with Gasteiger partial charge in [-0.2, -0.15) is 0 Å². The van der Waals surface area contributed by atoms with Gasteiger partial charge < -0.3 is 9.64 Å². The second-order valence-corrected chi connectivity index (χ2v) is 5.04. The average molecular weight is 361 g/mol. The topological polar surface area (TPSA) is 12.5 Å². The van der Waals surface area contributed by atoms with Crippen molar-refractivity contribution in [2.75, 3.05) is 25.1 Å². The highest BCUT2D eigenvalue weighted by Gasteiger charge is 2.09. The first-order chi connectivity index (χ1) is 8.26. The van der Waals surface area contributed by atoms with Crippen molar-refractivity contribution in [3.63, 3.8) is 0 Å². The molecule has 0 radical (unpaired) electrons. The number of benzene rings is 1. The summed E-state index contributed by atoms with van der Waals surface area (Å²) in [5.74, 6) is 4.02. The van der Waals surface area contributed by atoms with E-state index in [1.54, 1.807) is 7.11 Å². The molecule has 0 N–H and O–H groups in total. The number of nitrogens with zero attached hydrogens (tertiary/aromatic N) is 1. The summed E-state index contributed by atoms with van der Waals surface area (Å²) in [6, 6.07) is 6.06. The smallest absolute Gasteiger partial charge is 0.142 e. The molecule has 0 aromatic heterocycles. The molecule has 0 amide bonds. The highest BCUT2D eigenvalue weighted by atomic mass is 127. The van der Waals surface area contributed by atoms with Gasteiger partial charge >= 0.3 is 0 Å². The van der Waals surface area contributed by atoms with Gasteiger partial charge in [0.25, 0.3) is 0 Å². The number of methoxy groups -OCH3 is 1. The Morgan fingerprint density at radius 3 is 2.59 bits per heavy atom. The van der Waals surface area contributed by atoms with Gasteiger partial charge in [0, 0.05) is 39.9 Å². The fourth-order valence-electron chi connectivity index (χ4n) is 1.66. The molecule has 0 heterocycles. The summed E-state index contributed by atoms with van der Waals surface area (Å²) >= 11 is 2.17. The van der Waals surface area contributed by atoms with Gasteiger partial charge in [-0.25, -0.2) is 0 Å². The Morgan fingerprint density at radius 1 is 1.35 bits per heavy atom.